The summed E-state index contributed by atoms with van der Waals surface area (Å²) in [5.41, 5.74) is 1.97. The number of benzene rings is 3. The van der Waals surface area contributed by atoms with Gasteiger partial charge in [-0.2, -0.15) is 5.26 Å². The number of fused-ring (bicyclic) bond motifs is 1. The highest BCUT2D eigenvalue weighted by Crippen LogP contribution is 2.39. The van der Waals surface area contributed by atoms with Crippen LogP contribution in [0.25, 0.3) is 10.8 Å². The van der Waals surface area contributed by atoms with Crippen molar-refractivity contribution in [2.45, 2.75) is 70.6 Å². The highest BCUT2D eigenvalue weighted by Gasteiger charge is 2.22. The molecule has 0 aliphatic heterocycles. The van der Waals surface area contributed by atoms with Crippen molar-refractivity contribution in [3.05, 3.63) is 82.4 Å². The summed E-state index contributed by atoms with van der Waals surface area (Å²) in [6, 6.07) is 15.7. The van der Waals surface area contributed by atoms with E-state index >= 15 is 4.39 Å². The average molecular weight is 456 g/mol. The quantitative estimate of drug-likeness (QED) is 0.269. The van der Waals surface area contributed by atoms with Gasteiger partial charge in [-0.3, -0.25) is 0 Å². The van der Waals surface area contributed by atoms with Crippen LogP contribution in [0.5, 0.6) is 0 Å². The van der Waals surface area contributed by atoms with E-state index in [4.69, 9.17) is 5.26 Å². The van der Waals surface area contributed by atoms with Gasteiger partial charge >= 0.3 is 0 Å². The zero-order valence-corrected chi connectivity index (χ0v) is 19.8. The van der Waals surface area contributed by atoms with Gasteiger partial charge < -0.3 is 0 Å². The molecule has 34 heavy (non-hydrogen) atoms. The lowest BCUT2D eigenvalue weighted by molar-refractivity contribution is 0.302. The van der Waals surface area contributed by atoms with Crippen LogP contribution in [-0.4, -0.2) is 0 Å². The summed E-state index contributed by atoms with van der Waals surface area (Å²) in [5, 5.41) is 10.3. The maximum absolute atomic E-state index is 15.1. The van der Waals surface area contributed by atoms with Gasteiger partial charge in [0.1, 0.15) is 17.7 Å². The van der Waals surface area contributed by atoms with E-state index in [0.717, 1.165) is 11.3 Å². The molecule has 1 aliphatic carbocycles. The molecule has 174 valence electrons. The number of unbranched alkanes of at least 4 members (excludes halogenated alkanes) is 3. The molecule has 0 heterocycles. The number of hydrogen-bond acceptors (Lipinski definition) is 1. The second-order valence-electron chi connectivity index (χ2n) is 9.53. The molecule has 1 fully saturated rings. The molecule has 0 amide bonds. The molecule has 3 aromatic carbocycles. The first kappa shape index (κ1) is 24.0. The summed E-state index contributed by atoms with van der Waals surface area (Å²) in [6.07, 6.45) is 11.8. The Hall–Kier alpha value is -3.17. The van der Waals surface area contributed by atoms with Gasteiger partial charge in [-0.05, 0) is 72.7 Å². The monoisotopic (exact) mass is 455 g/mol. The first-order valence-electron chi connectivity index (χ1n) is 12.5. The van der Waals surface area contributed by atoms with E-state index in [1.165, 1.54) is 75.5 Å². The molecule has 0 bridgehead atoms. The largest absolute Gasteiger partial charge is 0.206 e. The Labute approximate surface area is 201 Å². The number of hydrogen-bond donors (Lipinski definition) is 0. The van der Waals surface area contributed by atoms with E-state index in [1.54, 1.807) is 18.2 Å². The van der Waals surface area contributed by atoms with Crippen LogP contribution in [0.2, 0.25) is 0 Å². The third-order valence-corrected chi connectivity index (χ3v) is 7.19. The molecular formula is C31H31F2N. The van der Waals surface area contributed by atoms with Crippen molar-refractivity contribution in [3.63, 3.8) is 0 Å². The Morgan fingerprint density at radius 3 is 2.38 bits per heavy atom. The van der Waals surface area contributed by atoms with Crippen molar-refractivity contribution in [1.29, 1.82) is 5.26 Å². The third kappa shape index (κ3) is 5.66. The van der Waals surface area contributed by atoms with Crippen molar-refractivity contribution in [2.75, 3.05) is 0 Å². The average Bonchev–Trinajstić information content (AvgIpc) is 2.86. The second-order valence-corrected chi connectivity index (χ2v) is 9.53. The molecule has 0 saturated heterocycles. The number of rotatable bonds is 6. The van der Waals surface area contributed by atoms with Gasteiger partial charge in [-0.15, -0.1) is 0 Å². The molecule has 0 N–H and O–H groups in total. The van der Waals surface area contributed by atoms with E-state index in [-0.39, 0.29) is 16.9 Å². The Kier molecular flexibility index (Phi) is 7.97. The van der Waals surface area contributed by atoms with E-state index in [1.807, 2.05) is 12.1 Å². The smallest absolute Gasteiger partial charge is 0.146 e. The minimum Gasteiger partial charge on any atom is -0.206 e. The fourth-order valence-electron chi connectivity index (χ4n) is 5.13. The summed E-state index contributed by atoms with van der Waals surface area (Å²) in [5.74, 6) is 6.09. The standard InChI is InChI=1S/C31H31F2N/c1-2-3-4-5-6-22-7-11-24(12-8-22)26-17-18-29-27(20-26)16-15-25(31(29)33)13-9-23-10-14-28(21-34)30(32)19-23/h10,14-20,22,24H,2-8,11-12H2,1H3. The van der Waals surface area contributed by atoms with Gasteiger partial charge in [0.15, 0.2) is 0 Å². The SMILES string of the molecule is CCCCCCC1CCC(c2ccc3c(F)c(C#Cc4ccc(C#N)c(F)c4)ccc3c2)CC1. The summed E-state index contributed by atoms with van der Waals surface area (Å²) in [6.45, 7) is 2.26. The molecule has 0 spiro atoms. The molecule has 0 unspecified atom stereocenters. The molecule has 1 nitrogen and oxygen atoms in total. The molecule has 0 aromatic heterocycles. The zero-order chi connectivity index (χ0) is 23.9. The van der Waals surface area contributed by atoms with E-state index in [9.17, 15) is 4.39 Å². The fraction of sp³-hybridized carbons (Fsp3) is 0.387. The maximum Gasteiger partial charge on any atom is 0.146 e. The van der Waals surface area contributed by atoms with Gasteiger partial charge in [0.2, 0.25) is 0 Å². The first-order valence-corrected chi connectivity index (χ1v) is 12.5. The highest BCUT2D eigenvalue weighted by atomic mass is 19.1. The molecule has 1 saturated carbocycles. The molecule has 0 radical (unpaired) electrons. The van der Waals surface area contributed by atoms with Crippen LogP contribution in [0.1, 0.15) is 92.9 Å². The number of nitrogens with zero attached hydrogens (tertiary/aromatic N) is 1. The van der Waals surface area contributed by atoms with Crippen LogP contribution in [0.4, 0.5) is 8.78 Å². The van der Waals surface area contributed by atoms with Gasteiger partial charge in [0.25, 0.3) is 0 Å². The Bertz CT molecular complexity index is 1250. The minimum atomic E-state index is -0.619. The summed E-state index contributed by atoms with van der Waals surface area (Å²) in [7, 11) is 0. The van der Waals surface area contributed by atoms with Crippen molar-refractivity contribution < 1.29 is 8.78 Å². The molecule has 3 aromatic rings. The van der Waals surface area contributed by atoms with Crippen molar-refractivity contribution in [3.8, 4) is 17.9 Å². The Morgan fingerprint density at radius 1 is 0.853 bits per heavy atom. The van der Waals surface area contributed by atoms with Crippen molar-refractivity contribution >= 4 is 10.8 Å². The molecular weight excluding hydrogens is 424 g/mol. The normalized spacial score (nSPS) is 17.7. The third-order valence-electron chi connectivity index (χ3n) is 7.19. The van der Waals surface area contributed by atoms with Crippen LogP contribution in [0.3, 0.4) is 0 Å². The summed E-state index contributed by atoms with van der Waals surface area (Å²) < 4.78 is 28.9. The summed E-state index contributed by atoms with van der Waals surface area (Å²) in [4.78, 5) is 0. The Balaban J connectivity index is 1.45. The molecule has 0 atom stereocenters. The van der Waals surface area contributed by atoms with E-state index in [2.05, 4.69) is 30.9 Å². The number of halogens is 2. The van der Waals surface area contributed by atoms with Crippen LogP contribution < -0.4 is 0 Å². The van der Waals surface area contributed by atoms with Gasteiger partial charge in [-0.25, -0.2) is 8.78 Å². The highest BCUT2D eigenvalue weighted by molar-refractivity contribution is 5.85. The van der Waals surface area contributed by atoms with Gasteiger partial charge in [0.05, 0.1) is 11.1 Å². The van der Waals surface area contributed by atoms with Crippen LogP contribution >= 0.6 is 0 Å². The van der Waals surface area contributed by atoms with Crippen molar-refractivity contribution in [1.82, 2.24) is 0 Å². The van der Waals surface area contributed by atoms with Crippen LogP contribution in [-0.2, 0) is 0 Å². The molecule has 1 aliphatic rings. The van der Waals surface area contributed by atoms with Crippen LogP contribution in [0.15, 0.2) is 48.5 Å². The zero-order valence-electron chi connectivity index (χ0n) is 19.8. The first-order chi connectivity index (χ1) is 16.6. The van der Waals surface area contributed by atoms with Crippen LogP contribution in [0, 0.1) is 40.7 Å². The molecule has 3 heteroatoms. The number of nitriles is 1. The second kappa shape index (κ2) is 11.3. The molecule has 4 rings (SSSR count). The minimum absolute atomic E-state index is 0.0290. The fourth-order valence-corrected chi connectivity index (χ4v) is 5.13. The topological polar surface area (TPSA) is 23.8 Å². The van der Waals surface area contributed by atoms with Gasteiger partial charge in [0, 0.05) is 10.9 Å². The van der Waals surface area contributed by atoms with E-state index in [0.29, 0.717) is 16.9 Å². The van der Waals surface area contributed by atoms with Crippen molar-refractivity contribution in [2.24, 2.45) is 5.92 Å². The predicted molar refractivity (Wildman–Crippen MR) is 134 cm³/mol. The predicted octanol–water partition coefficient (Wildman–Crippen LogP) is 8.63. The lowest BCUT2D eigenvalue weighted by Gasteiger charge is -2.29. The lowest BCUT2D eigenvalue weighted by Crippen LogP contribution is -2.13. The van der Waals surface area contributed by atoms with Gasteiger partial charge in [-0.1, -0.05) is 75.1 Å². The Morgan fingerprint density at radius 2 is 1.65 bits per heavy atom. The van der Waals surface area contributed by atoms with E-state index < -0.39 is 5.82 Å². The lowest BCUT2D eigenvalue weighted by atomic mass is 9.76. The maximum atomic E-state index is 15.1. The summed E-state index contributed by atoms with van der Waals surface area (Å²) >= 11 is 0.